The van der Waals surface area contributed by atoms with Crippen molar-refractivity contribution in [3.05, 3.63) is 52.3 Å². The number of halogens is 2. The Bertz CT molecular complexity index is 646. The third-order valence-electron chi connectivity index (χ3n) is 3.24. The van der Waals surface area contributed by atoms with E-state index in [1.54, 1.807) is 26.2 Å². The van der Waals surface area contributed by atoms with Crippen LogP contribution in [-0.4, -0.2) is 14.2 Å². The van der Waals surface area contributed by atoms with Crippen molar-refractivity contribution in [1.29, 1.82) is 0 Å². The lowest BCUT2D eigenvalue weighted by molar-refractivity contribution is 0.355. The van der Waals surface area contributed by atoms with Crippen LogP contribution in [0.15, 0.2) is 30.3 Å². The zero-order valence-corrected chi connectivity index (χ0v) is 12.9. The van der Waals surface area contributed by atoms with Gasteiger partial charge in [0.25, 0.3) is 0 Å². The second-order valence-electron chi connectivity index (χ2n) is 4.58. The van der Waals surface area contributed by atoms with Gasteiger partial charge in [-0.25, -0.2) is 4.39 Å². The largest absolute Gasteiger partial charge is 0.493 e. The fourth-order valence-electron chi connectivity index (χ4n) is 2.07. The zero-order chi connectivity index (χ0) is 15.4. The van der Waals surface area contributed by atoms with Gasteiger partial charge in [-0.1, -0.05) is 17.7 Å². The fourth-order valence-corrected chi connectivity index (χ4v) is 2.38. The lowest BCUT2D eigenvalue weighted by atomic mass is 10.1. The molecule has 0 fully saturated rings. The summed E-state index contributed by atoms with van der Waals surface area (Å²) in [6.07, 6.45) is 0. The first-order valence-electron chi connectivity index (χ1n) is 6.46. The normalized spacial score (nSPS) is 10.3. The Balaban J connectivity index is 2.20. The van der Waals surface area contributed by atoms with Crippen LogP contribution >= 0.6 is 11.6 Å². The van der Waals surface area contributed by atoms with E-state index in [2.05, 4.69) is 5.32 Å². The average molecular weight is 310 g/mol. The summed E-state index contributed by atoms with van der Waals surface area (Å²) in [5.74, 6) is 0.841. The second kappa shape index (κ2) is 6.68. The molecule has 2 rings (SSSR count). The van der Waals surface area contributed by atoms with Gasteiger partial charge in [-0.05, 0) is 36.8 Å². The Hall–Kier alpha value is -1.94. The molecule has 112 valence electrons. The van der Waals surface area contributed by atoms with Crippen LogP contribution in [0.4, 0.5) is 10.1 Å². The van der Waals surface area contributed by atoms with Crippen LogP contribution in [0.2, 0.25) is 5.02 Å². The standard InChI is InChI=1S/C16H17ClFNO2/c1-10-13(18)5-4-6-14(10)19-9-11-7-12(17)16(21-3)15(8-11)20-2/h4-8,19H,9H2,1-3H3. The van der Waals surface area contributed by atoms with Crippen molar-refractivity contribution in [1.82, 2.24) is 0 Å². The first kappa shape index (κ1) is 15.4. The summed E-state index contributed by atoms with van der Waals surface area (Å²) >= 11 is 6.16. The van der Waals surface area contributed by atoms with Gasteiger partial charge < -0.3 is 14.8 Å². The minimum absolute atomic E-state index is 0.231. The first-order valence-corrected chi connectivity index (χ1v) is 6.84. The van der Waals surface area contributed by atoms with E-state index in [0.29, 0.717) is 28.6 Å². The Morgan fingerprint density at radius 1 is 1.19 bits per heavy atom. The van der Waals surface area contributed by atoms with Crippen LogP contribution in [0.5, 0.6) is 11.5 Å². The molecule has 0 aromatic heterocycles. The highest BCUT2D eigenvalue weighted by Crippen LogP contribution is 2.36. The highest BCUT2D eigenvalue weighted by atomic mass is 35.5. The van der Waals surface area contributed by atoms with Crippen LogP contribution < -0.4 is 14.8 Å². The van der Waals surface area contributed by atoms with E-state index in [-0.39, 0.29) is 5.82 Å². The smallest absolute Gasteiger partial charge is 0.179 e. The van der Waals surface area contributed by atoms with Crippen molar-refractivity contribution in [2.45, 2.75) is 13.5 Å². The predicted octanol–water partition coefficient (Wildman–Crippen LogP) is 4.42. The number of hydrogen-bond donors (Lipinski definition) is 1. The van der Waals surface area contributed by atoms with E-state index in [0.717, 1.165) is 11.3 Å². The Kier molecular flexibility index (Phi) is 4.91. The number of nitrogens with one attached hydrogen (secondary N) is 1. The molecule has 0 atom stereocenters. The number of methoxy groups -OCH3 is 2. The lowest BCUT2D eigenvalue weighted by Crippen LogP contribution is -2.03. The summed E-state index contributed by atoms with van der Waals surface area (Å²) in [5.41, 5.74) is 2.26. The number of ether oxygens (including phenoxy) is 2. The van der Waals surface area contributed by atoms with Crippen LogP contribution in [0.3, 0.4) is 0 Å². The first-order chi connectivity index (χ1) is 10.1. The monoisotopic (exact) mass is 309 g/mol. The van der Waals surface area contributed by atoms with Crippen molar-refractivity contribution in [3.63, 3.8) is 0 Å². The molecule has 0 aliphatic rings. The number of hydrogen-bond acceptors (Lipinski definition) is 3. The maximum atomic E-state index is 13.5. The molecule has 0 saturated carbocycles. The topological polar surface area (TPSA) is 30.5 Å². The minimum Gasteiger partial charge on any atom is -0.493 e. The third-order valence-corrected chi connectivity index (χ3v) is 3.52. The van der Waals surface area contributed by atoms with Gasteiger partial charge in [-0.15, -0.1) is 0 Å². The van der Waals surface area contributed by atoms with Crippen molar-refractivity contribution in [2.24, 2.45) is 0 Å². The van der Waals surface area contributed by atoms with Crippen molar-refractivity contribution < 1.29 is 13.9 Å². The molecule has 0 amide bonds. The minimum atomic E-state index is -0.231. The summed E-state index contributed by atoms with van der Waals surface area (Å²) in [4.78, 5) is 0. The van der Waals surface area contributed by atoms with Gasteiger partial charge in [0.15, 0.2) is 11.5 Å². The Morgan fingerprint density at radius 2 is 1.95 bits per heavy atom. The summed E-state index contributed by atoms with van der Waals surface area (Å²) in [7, 11) is 3.10. The maximum absolute atomic E-state index is 13.5. The molecule has 0 unspecified atom stereocenters. The third kappa shape index (κ3) is 3.39. The maximum Gasteiger partial charge on any atom is 0.179 e. The lowest BCUT2D eigenvalue weighted by Gasteiger charge is -2.14. The van der Waals surface area contributed by atoms with E-state index in [4.69, 9.17) is 21.1 Å². The van der Waals surface area contributed by atoms with Crippen molar-refractivity contribution in [3.8, 4) is 11.5 Å². The van der Waals surface area contributed by atoms with Gasteiger partial charge in [0.1, 0.15) is 5.82 Å². The van der Waals surface area contributed by atoms with Gasteiger partial charge in [0, 0.05) is 17.8 Å². The summed E-state index contributed by atoms with van der Waals surface area (Å²) in [5, 5.41) is 3.67. The molecule has 2 aromatic rings. The summed E-state index contributed by atoms with van der Waals surface area (Å²) in [6.45, 7) is 2.24. The fraction of sp³-hybridized carbons (Fsp3) is 0.250. The molecule has 0 radical (unpaired) electrons. The summed E-state index contributed by atoms with van der Waals surface area (Å²) < 4.78 is 23.9. The Morgan fingerprint density at radius 3 is 2.62 bits per heavy atom. The van der Waals surface area contributed by atoms with Gasteiger partial charge >= 0.3 is 0 Å². The van der Waals surface area contributed by atoms with E-state index >= 15 is 0 Å². The van der Waals surface area contributed by atoms with Crippen molar-refractivity contribution in [2.75, 3.05) is 19.5 Å². The molecule has 0 bridgehead atoms. The Labute approximate surface area is 128 Å². The molecule has 0 spiro atoms. The molecule has 0 saturated heterocycles. The van der Waals surface area contributed by atoms with Gasteiger partial charge in [0.2, 0.25) is 0 Å². The van der Waals surface area contributed by atoms with E-state index < -0.39 is 0 Å². The highest BCUT2D eigenvalue weighted by Gasteiger charge is 2.11. The van der Waals surface area contributed by atoms with Crippen LogP contribution in [0.25, 0.3) is 0 Å². The van der Waals surface area contributed by atoms with E-state index in [9.17, 15) is 4.39 Å². The quantitative estimate of drug-likeness (QED) is 0.887. The number of benzene rings is 2. The molecule has 0 aliphatic carbocycles. The molecular formula is C16H17ClFNO2. The molecule has 3 nitrogen and oxygen atoms in total. The van der Waals surface area contributed by atoms with E-state index in [1.807, 2.05) is 12.1 Å². The van der Waals surface area contributed by atoms with Crippen LogP contribution in [0, 0.1) is 12.7 Å². The summed E-state index contributed by atoms with van der Waals surface area (Å²) in [6, 6.07) is 8.58. The molecule has 21 heavy (non-hydrogen) atoms. The molecule has 0 aliphatic heterocycles. The molecular weight excluding hydrogens is 293 g/mol. The molecule has 1 N–H and O–H groups in total. The molecule has 5 heteroatoms. The number of anilines is 1. The molecule has 2 aromatic carbocycles. The van der Waals surface area contributed by atoms with Crippen molar-refractivity contribution >= 4 is 17.3 Å². The SMILES string of the molecule is COc1cc(CNc2cccc(F)c2C)cc(Cl)c1OC. The highest BCUT2D eigenvalue weighted by molar-refractivity contribution is 6.32. The predicted molar refractivity (Wildman–Crippen MR) is 83.0 cm³/mol. The van der Waals surface area contributed by atoms with Crippen LogP contribution in [0.1, 0.15) is 11.1 Å². The zero-order valence-electron chi connectivity index (χ0n) is 12.2. The van der Waals surface area contributed by atoms with Gasteiger partial charge in [-0.3, -0.25) is 0 Å². The average Bonchev–Trinajstić information content (AvgIpc) is 2.48. The molecule has 0 heterocycles. The second-order valence-corrected chi connectivity index (χ2v) is 4.99. The van der Waals surface area contributed by atoms with E-state index in [1.165, 1.54) is 13.2 Å². The van der Waals surface area contributed by atoms with Crippen LogP contribution in [-0.2, 0) is 6.54 Å². The van der Waals surface area contributed by atoms with Gasteiger partial charge in [0.05, 0.1) is 19.2 Å². The number of rotatable bonds is 5. The van der Waals surface area contributed by atoms with Gasteiger partial charge in [-0.2, -0.15) is 0 Å².